The van der Waals surface area contributed by atoms with Gasteiger partial charge >= 0.3 is 0 Å². The van der Waals surface area contributed by atoms with E-state index in [1.165, 1.54) is 5.56 Å². The topological polar surface area (TPSA) is 58.6 Å². The van der Waals surface area contributed by atoms with Crippen molar-refractivity contribution in [3.05, 3.63) is 53.6 Å². The van der Waals surface area contributed by atoms with Crippen molar-refractivity contribution < 1.29 is 14.3 Å². The minimum Gasteiger partial charge on any atom is -0.497 e. The highest BCUT2D eigenvalue weighted by atomic mass is 16.5. The number of anilines is 2. The van der Waals surface area contributed by atoms with Crippen LogP contribution in [0.2, 0.25) is 0 Å². The lowest BCUT2D eigenvalue weighted by Gasteiger charge is -2.17. The number of amides is 2. The van der Waals surface area contributed by atoms with E-state index in [1.54, 1.807) is 12.0 Å². The lowest BCUT2D eigenvalue weighted by molar-refractivity contribution is -0.122. The van der Waals surface area contributed by atoms with Gasteiger partial charge in [0.1, 0.15) is 5.75 Å². The number of carbonyl (C=O) groups is 2. The van der Waals surface area contributed by atoms with Crippen LogP contribution in [0, 0.1) is 19.8 Å². The second-order valence-corrected chi connectivity index (χ2v) is 6.39. The number of aryl methyl sites for hydroxylation is 2. The molecule has 0 unspecified atom stereocenters. The molecule has 1 fully saturated rings. The van der Waals surface area contributed by atoms with E-state index < -0.39 is 0 Å². The fraction of sp³-hybridized carbons (Fsp3) is 0.300. The van der Waals surface area contributed by atoms with Gasteiger partial charge in [0.05, 0.1) is 13.0 Å². The first kappa shape index (κ1) is 17.0. The summed E-state index contributed by atoms with van der Waals surface area (Å²) >= 11 is 0. The van der Waals surface area contributed by atoms with Gasteiger partial charge in [0.15, 0.2) is 0 Å². The highest BCUT2D eigenvalue weighted by molar-refractivity contribution is 6.03. The molecule has 2 amide bonds. The van der Waals surface area contributed by atoms with E-state index in [4.69, 9.17) is 4.74 Å². The van der Waals surface area contributed by atoms with Crippen LogP contribution in [-0.2, 0) is 9.59 Å². The van der Waals surface area contributed by atoms with Crippen LogP contribution in [0.5, 0.6) is 5.75 Å². The summed E-state index contributed by atoms with van der Waals surface area (Å²) in [6.45, 7) is 4.43. The second kappa shape index (κ2) is 6.97. The molecule has 0 spiro atoms. The molecule has 1 aliphatic rings. The number of nitrogens with one attached hydrogen (secondary N) is 1. The zero-order valence-corrected chi connectivity index (χ0v) is 14.7. The van der Waals surface area contributed by atoms with Gasteiger partial charge in [-0.3, -0.25) is 9.59 Å². The zero-order valence-electron chi connectivity index (χ0n) is 14.7. The van der Waals surface area contributed by atoms with Crippen molar-refractivity contribution in [1.29, 1.82) is 0 Å². The average molecular weight is 338 g/mol. The summed E-state index contributed by atoms with van der Waals surface area (Å²) in [5, 5.41) is 2.92. The Hall–Kier alpha value is -2.82. The van der Waals surface area contributed by atoms with Crippen molar-refractivity contribution in [3.8, 4) is 5.75 Å². The van der Waals surface area contributed by atoms with Crippen LogP contribution in [-0.4, -0.2) is 25.5 Å². The molecule has 0 saturated carbocycles. The molecule has 5 heteroatoms. The van der Waals surface area contributed by atoms with Gasteiger partial charge in [-0.15, -0.1) is 0 Å². The predicted molar refractivity (Wildman–Crippen MR) is 98.0 cm³/mol. The fourth-order valence-corrected chi connectivity index (χ4v) is 2.96. The number of benzene rings is 2. The molecule has 1 N–H and O–H groups in total. The number of nitrogens with zero attached hydrogens (tertiary/aromatic N) is 1. The van der Waals surface area contributed by atoms with E-state index in [9.17, 15) is 9.59 Å². The maximum absolute atomic E-state index is 12.5. The third kappa shape index (κ3) is 3.65. The van der Waals surface area contributed by atoms with Gasteiger partial charge in [0.2, 0.25) is 11.8 Å². The van der Waals surface area contributed by atoms with E-state index in [2.05, 4.69) is 5.32 Å². The van der Waals surface area contributed by atoms with Crippen molar-refractivity contribution >= 4 is 23.2 Å². The molecule has 1 atom stereocenters. The molecule has 3 rings (SSSR count). The SMILES string of the molecule is COc1ccc(N2C[C@H](C(=O)Nc3ccc(C)c(C)c3)CC2=O)cc1. The average Bonchev–Trinajstić information content (AvgIpc) is 3.00. The van der Waals surface area contributed by atoms with Gasteiger partial charge in [-0.1, -0.05) is 6.07 Å². The second-order valence-electron chi connectivity index (χ2n) is 6.39. The molecular formula is C20H22N2O3. The molecular weight excluding hydrogens is 316 g/mol. The zero-order chi connectivity index (χ0) is 18.0. The Morgan fingerprint density at radius 3 is 2.48 bits per heavy atom. The first-order chi connectivity index (χ1) is 12.0. The molecule has 1 aliphatic heterocycles. The summed E-state index contributed by atoms with van der Waals surface area (Å²) in [4.78, 5) is 26.5. The Balaban J connectivity index is 1.68. The van der Waals surface area contributed by atoms with Gasteiger partial charge in [0.25, 0.3) is 0 Å². The first-order valence-electron chi connectivity index (χ1n) is 8.30. The maximum Gasteiger partial charge on any atom is 0.229 e. The number of carbonyl (C=O) groups excluding carboxylic acids is 2. The van der Waals surface area contributed by atoms with Crippen LogP contribution in [0.4, 0.5) is 11.4 Å². The predicted octanol–water partition coefficient (Wildman–Crippen LogP) is 3.30. The lowest BCUT2D eigenvalue weighted by Crippen LogP contribution is -2.28. The van der Waals surface area contributed by atoms with Crippen molar-refractivity contribution in [2.24, 2.45) is 5.92 Å². The summed E-state index contributed by atoms with van der Waals surface area (Å²) in [5.41, 5.74) is 3.86. The first-order valence-corrected chi connectivity index (χ1v) is 8.30. The van der Waals surface area contributed by atoms with E-state index in [0.29, 0.717) is 6.54 Å². The molecule has 0 bridgehead atoms. The van der Waals surface area contributed by atoms with Gasteiger partial charge in [0, 0.05) is 24.3 Å². The summed E-state index contributed by atoms with van der Waals surface area (Å²) in [7, 11) is 1.60. The van der Waals surface area contributed by atoms with Crippen LogP contribution in [0.15, 0.2) is 42.5 Å². The molecule has 0 aliphatic carbocycles. The molecule has 2 aromatic carbocycles. The molecule has 0 aromatic heterocycles. The van der Waals surface area contributed by atoms with Crippen molar-refractivity contribution in [2.45, 2.75) is 20.3 Å². The van der Waals surface area contributed by atoms with Gasteiger partial charge in [-0.05, 0) is 61.4 Å². The third-order valence-corrected chi connectivity index (χ3v) is 4.65. The van der Waals surface area contributed by atoms with E-state index in [-0.39, 0.29) is 24.2 Å². The largest absolute Gasteiger partial charge is 0.497 e. The van der Waals surface area contributed by atoms with Gasteiger partial charge in [-0.25, -0.2) is 0 Å². The summed E-state index contributed by atoms with van der Waals surface area (Å²) in [6, 6.07) is 13.1. The lowest BCUT2D eigenvalue weighted by atomic mass is 10.1. The Labute approximate surface area is 147 Å². The molecule has 1 saturated heterocycles. The molecule has 0 radical (unpaired) electrons. The van der Waals surface area contributed by atoms with Gasteiger partial charge in [-0.2, -0.15) is 0 Å². The van der Waals surface area contributed by atoms with Crippen LogP contribution in [0.3, 0.4) is 0 Å². The van der Waals surface area contributed by atoms with Crippen LogP contribution < -0.4 is 15.0 Å². The summed E-state index contributed by atoms with van der Waals surface area (Å²) in [5.74, 6) is 0.230. The fourth-order valence-electron chi connectivity index (χ4n) is 2.96. The normalized spacial score (nSPS) is 16.8. The Bertz CT molecular complexity index is 799. The highest BCUT2D eigenvalue weighted by Crippen LogP contribution is 2.27. The van der Waals surface area contributed by atoms with E-state index in [1.807, 2.05) is 56.3 Å². The summed E-state index contributed by atoms with van der Waals surface area (Å²) in [6.07, 6.45) is 0.225. The monoisotopic (exact) mass is 338 g/mol. The molecule has 130 valence electrons. The van der Waals surface area contributed by atoms with Crippen molar-refractivity contribution in [3.63, 3.8) is 0 Å². The van der Waals surface area contributed by atoms with Crippen LogP contribution >= 0.6 is 0 Å². The Kier molecular flexibility index (Phi) is 4.74. The van der Waals surface area contributed by atoms with E-state index >= 15 is 0 Å². The van der Waals surface area contributed by atoms with Crippen molar-refractivity contribution in [1.82, 2.24) is 0 Å². The molecule has 25 heavy (non-hydrogen) atoms. The number of hydrogen-bond acceptors (Lipinski definition) is 3. The smallest absolute Gasteiger partial charge is 0.229 e. The Morgan fingerprint density at radius 1 is 1.12 bits per heavy atom. The summed E-state index contributed by atoms with van der Waals surface area (Å²) < 4.78 is 5.13. The number of ether oxygens (including phenoxy) is 1. The molecule has 1 heterocycles. The number of rotatable bonds is 4. The molecule has 5 nitrogen and oxygen atoms in total. The Morgan fingerprint density at radius 2 is 1.84 bits per heavy atom. The highest BCUT2D eigenvalue weighted by Gasteiger charge is 2.35. The minimum atomic E-state index is -0.351. The van der Waals surface area contributed by atoms with Gasteiger partial charge < -0.3 is 15.0 Å². The third-order valence-electron chi connectivity index (χ3n) is 4.65. The minimum absolute atomic E-state index is 0.0367. The molecule has 2 aromatic rings. The quantitative estimate of drug-likeness (QED) is 0.930. The maximum atomic E-state index is 12.5. The van der Waals surface area contributed by atoms with E-state index in [0.717, 1.165) is 22.7 Å². The standard InChI is InChI=1S/C20H22N2O3/c1-13-4-5-16(10-14(13)2)21-20(24)15-11-19(23)22(12-15)17-6-8-18(25-3)9-7-17/h4-10,15H,11-12H2,1-3H3,(H,21,24)/t15-/m1/s1. The van der Waals surface area contributed by atoms with Crippen LogP contribution in [0.25, 0.3) is 0 Å². The van der Waals surface area contributed by atoms with Crippen LogP contribution in [0.1, 0.15) is 17.5 Å². The van der Waals surface area contributed by atoms with Crippen molar-refractivity contribution in [2.75, 3.05) is 23.9 Å². The number of methoxy groups -OCH3 is 1. The number of hydrogen-bond donors (Lipinski definition) is 1.